The Morgan fingerprint density at radius 2 is 1.19 bits per heavy atom. The van der Waals surface area contributed by atoms with Crippen LogP contribution in [-0.2, 0) is 0 Å². The maximum Gasteiger partial charge on any atom is 0.0965 e. The highest BCUT2D eigenvalue weighted by atomic mass is 16.4. The molecule has 0 aromatic heterocycles. The lowest BCUT2D eigenvalue weighted by Crippen LogP contribution is -2.49. The van der Waals surface area contributed by atoms with E-state index in [0.717, 1.165) is 35.1 Å². The second kappa shape index (κ2) is 20.3. The Labute approximate surface area is 294 Å². The Balaban J connectivity index is 2.66. The molecule has 0 saturated heterocycles. The summed E-state index contributed by atoms with van der Waals surface area (Å²) in [6.07, 6.45) is 36.5. The summed E-state index contributed by atoms with van der Waals surface area (Å²) in [5, 5.41) is 31.8. The number of hydrogen-bond acceptors (Lipinski definition) is 3. The van der Waals surface area contributed by atoms with Gasteiger partial charge in [-0.3, -0.25) is 0 Å². The van der Waals surface area contributed by atoms with Gasteiger partial charge in [0.25, 0.3) is 0 Å². The first kappa shape index (κ1) is 42.8. The van der Waals surface area contributed by atoms with Crippen LogP contribution in [0.5, 0.6) is 0 Å². The molecule has 0 saturated carbocycles. The van der Waals surface area contributed by atoms with Crippen molar-refractivity contribution in [2.24, 2.45) is 5.41 Å². The fraction of sp³-hybridized carbons (Fsp3) is 0.467. The van der Waals surface area contributed by atoms with Gasteiger partial charge in [-0.1, -0.05) is 150 Å². The number of aliphatic hydroxyl groups excluding tert-OH is 1. The van der Waals surface area contributed by atoms with E-state index in [-0.39, 0.29) is 11.5 Å². The molecule has 0 bridgehead atoms. The van der Waals surface area contributed by atoms with Crippen LogP contribution in [0.2, 0.25) is 0 Å². The minimum Gasteiger partial charge on any atom is -0.393 e. The molecule has 0 spiro atoms. The maximum absolute atomic E-state index is 11.1. The summed E-state index contributed by atoms with van der Waals surface area (Å²) in [5.41, 5.74) is 7.25. The predicted molar refractivity (Wildman–Crippen MR) is 211 cm³/mol. The van der Waals surface area contributed by atoms with E-state index in [1.54, 1.807) is 13.8 Å². The fourth-order valence-corrected chi connectivity index (χ4v) is 5.62. The van der Waals surface area contributed by atoms with E-state index in [1.165, 1.54) is 22.3 Å². The highest BCUT2D eigenvalue weighted by Crippen LogP contribution is 2.41. The van der Waals surface area contributed by atoms with Gasteiger partial charge in [0.05, 0.1) is 17.3 Å². The van der Waals surface area contributed by atoms with Crippen molar-refractivity contribution in [3.63, 3.8) is 0 Å². The fourth-order valence-electron chi connectivity index (χ4n) is 5.62. The third-order valence-corrected chi connectivity index (χ3v) is 8.91. The van der Waals surface area contributed by atoms with Crippen molar-refractivity contribution in [1.82, 2.24) is 0 Å². The third-order valence-electron chi connectivity index (χ3n) is 8.91. The number of aliphatic hydroxyl groups is 3. The molecule has 0 unspecified atom stereocenters. The van der Waals surface area contributed by atoms with Gasteiger partial charge in [0, 0.05) is 0 Å². The largest absolute Gasteiger partial charge is 0.393 e. The molecule has 3 N–H and O–H groups in total. The lowest BCUT2D eigenvalue weighted by molar-refractivity contribution is -0.133. The molecule has 0 radical (unpaired) electrons. The average Bonchev–Trinajstić information content (AvgIpc) is 2.95. The van der Waals surface area contributed by atoms with Crippen molar-refractivity contribution in [3.05, 3.63) is 142 Å². The van der Waals surface area contributed by atoms with Gasteiger partial charge in [-0.15, -0.1) is 0 Å². The summed E-state index contributed by atoms with van der Waals surface area (Å²) in [6.45, 7) is 24.4. The first-order valence-corrected chi connectivity index (χ1v) is 17.5. The van der Waals surface area contributed by atoms with Crippen LogP contribution in [0, 0.1) is 5.41 Å². The van der Waals surface area contributed by atoms with Crippen molar-refractivity contribution in [2.75, 3.05) is 0 Å². The van der Waals surface area contributed by atoms with Gasteiger partial charge >= 0.3 is 0 Å². The molecule has 264 valence electrons. The van der Waals surface area contributed by atoms with Gasteiger partial charge in [-0.2, -0.15) is 0 Å². The van der Waals surface area contributed by atoms with E-state index in [0.29, 0.717) is 19.3 Å². The van der Waals surface area contributed by atoms with Crippen molar-refractivity contribution in [3.8, 4) is 0 Å². The summed E-state index contributed by atoms with van der Waals surface area (Å²) in [7, 11) is 0. The number of hydrogen-bond donors (Lipinski definition) is 3. The normalized spacial score (nSPS) is 20.7. The van der Waals surface area contributed by atoms with Crippen LogP contribution in [0.4, 0.5) is 0 Å². The van der Waals surface area contributed by atoms with Gasteiger partial charge in [-0.05, 0) is 112 Å². The van der Waals surface area contributed by atoms with E-state index >= 15 is 0 Å². The molecular formula is C45H66O3. The molecule has 0 amide bonds. The lowest BCUT2D eigenvalue weighted by Gasteiger charge is -2.38. The predicted octanol–water partition coefficient (Wildman–Crippen LogP) is 11.6. The van der Waals surface area contributed by atoms with Gasteiger partial charge in [0.1, 0.15) is 0 Å². The van der Waals surface area contributed by atoms with Crippen LogP contribution in [0.15, 0.2) is 142 Å². The highest BCUT2D eigenvalue weighted by molar-refractivity contribution is 5.38. The quantitative estimate of drug-likeness (QED) is 0.115. The second-order valence-corrected chi connectivity index (χ2v) is 15.2. The van der Waals surface area contributed by atoms with E-state index in [4.69, 9.17) is 0 Å². The van der Waals surface area contributed by atoms with Crippen molar-refractivity contribution >= 4 is 0 Å². The van der Waals surface area contributed by atoms with Crippen LogP contribution < -0.4 is 0 Å². The standard InChI is InChI=1S/C45H66O3/c1-34(2)28-30-45(48,44(11,12)47)31-29-39(7)25-17-23-37(5)22-15-20-35(3)18-13-14-19-36(4)21-16-24-38(6)26-27-42-40(8)32-41(46)33-43(42,9)10/h13-28,41,46-48H,29-33H2,1-12H3/b14-13+,20-15+,21-16+,23-17+,27-26+,35-18+,36-19+,37-22+,38-24+,39-25+/t41-,45-/m1/s1. The zero-order valence-electron chi connectivity index (χ0n) is 32.2. The summed E-state index contributed by atoms with van der Waals surface area (Å²) < 4.78 is 0. The maximum atomic E-state index is 11.1. The molecule has 1 aliphatic carbocycles. The van der Waals surface area contributed by atoms with E-state index in [2.05, 4.69) is 140 Å². The zero-order chi connectivity index (χ0) is 36.5. The Hall–Kier alpha value is -3.24. The van der Waals surface area contributed by atoms with Gasteiger partial charge in [0.15, 0.2) is 0 Å². The van der Waals surface area contributed by atoms with Crippen molar-refractivity contribution < 1.29 is 15.3 Å². The SMILES string of the molecule is CC(C)=CC[C@@](O)(CC/C(C)=C/C=C/C(C)=C/C=C/C(C)=C/C=C/C=C(C)/C=C/C=C(C)/C=C/C1=C(C)C[C@@H](O)CC1(C)C)C(C)(C)O. The molecule has 1 rings (SSSR count). The number of rotatable bonds is 16. The van der Waals surface area contributed by atoms with Crippen LogP contribution >= 0.6 is 0 Å². The molecule has 0 aromatic rings. The highest BCUT2D eigenvalue weighted by Gasteiger charge is 2.40. The number of allylic oxidation sites excluding steroid dienone is 22. The van der Waals surface area contributed by atoms with Gasteiger partial charge < -0.3 is 15.3 Å². The molecule has 0 heterocycles. The molecule has 0 fully saturated rings. The Kier molecular flexibility index (Phi) is 18.1. The van der Waals surface area contributed by atoms with Crippen LogP contribution in [0.25, 0.3) is 0 Å². The zero-order valence-corrected chi connectivity index (χ0v) is 32.2. The molecule has 1 aliphatic rings. The smallest absolute Gasteiger partial charge is 0.0965 e. The van der Waals surface area contributed by atoms with Crippen molar-refractivity contribution in [1.29, 1.82) is 0 Å². The molecular weight excluding hydrogens is 588 g/mol. The second-order valence-electron chi connectivity index (χ2n) is 15.2. The topological polar surface area (TPSA) is 60.7 Å². The first-order valence-electron chi connectivity index (χ1n) is 17.5. The summed E-state index contributed by atoms with van der Waals surface area (Å²) in [6, 6.07) is 0. The Bertz CT molecular complexity index is 1430. The monoisotopic (exact) mass is 655 g/mol. The summed E-state index contributed by atoms with van der Waals surface area (Å²) >= 11 is 0. The molecule has 2 atom stereocenters. The Morgan fingerprint density at radius 3 is 1.65 bits per heavy atom. The minimum absolute atomic E-state index is 0.00399. The summed E-state index contributed by atoms with van der Waals surface area (Å²) in [5.74, 6) is 0. The molecule has 48 heavy (non-hydrogen) atoms. The van der Waals surface area contributed by atoms with Crippen LogP contribution in [-0.4, -0.2) is 32.6 Å². The van der Waals surface area contributed by atoms with E-state index < -0.39 is 11.2 Å². The minimum atomic E-state index is -1.18. The van der Waals surface area contributed by atoms with E-state index in [1.807, 2.05) is 26.0 Å². The van der Waals surface area contributed by atoms with Gasteiger partial charge in [-0.25, -0.2) is 0 Å². The molecule has 0 aromatic carbocycles. The third kappa shape index (κ3) is 16.7. The molecule has 0 aliphatic heterocycles. The lowest BCUT2D eigenvalue weighted by atomic mass is 9.71. The molecule has 3 heteroatoms. The first-order chi connectivity index (χ1) is 22.3. The van der Waals surface area contributed by atoms with Gasteiger partial charge in [0.2, 0.25) is 0 Å². The van der Waals surface area contributed by atoms with E-state index in [9.17, 15) is 15.3 Å². The Morgan fingerprint density at radius 1 is 0.729 bits per heavy atom. The summed E-state index contributed by atoms with van der Waals surface area (Å²) in [4.78, 5) is 0. The average molecular weight is 655 g/mol. The molecule has 3 nitrogen and oxygen atoms in total. The van der Waals surface area contributed by atoms with Crippen LogP contribution in [0.1, 0.15) is 115 Å². The van der Waals surface area contributed by atoms with Crippen LogP contribution in [0.3, 0.4) is 0 Å². The van der Waals surface area contributed by atoms with Crippen molar-refractivity contribution in [2.45, 2.75) is 132 Å².